The minimum Gasteiger partial charge on any atom is -0.355 e. The van der Waals surface area contributed by atoms with Crippen LogP contribution >= 0.6 is 0 Å². The number of hydrogen-bond donors (Lipinski definition) is 2. The number of hydrogen-bond acceptors (Lipinski definition) is 3. The quantitative estimate of drug-likeness (QED) is 0.750. The molecule has 0 saturated heterocycles. The van der Waals surface area contributed by atoms with Gasteiger partial charge in [0.1, 0.15) is 0 Å². The molecule has 0 spiro atoms. The number of rotatable bonds is 7. The molecule has 1 aromatic carbocycles. The largest absolute Gasteiger partial charge is 0.355 e. The van der Waals surface area contributed by atoms with Crippen molar-refractivity contribution in [2.45, 2.75) is 50.3 Å². The van der Waals surface area contributed by atoms with Gasteiger partial charge in [-0.25, -0.2) is 13.1 Å². The summed E-state index contributed by atoms with van der Waals surface area (Å²) in [7, 11) is -3.50. The van der Waals surface area contributed by atoms with Crippen LogP contribution in [0.25, 0.3) is 0 Å². The van der Waals surface area contributed by atoms with Gasteiger partial charge in [-0.1, -0.05) is 37.0 Å². The predicted molar refractivity (Wildman–Crippen MR) is 90.6 cm³/mol. The minimum atomic E-state index is -3.50. The van der Waals surface area contributed by atoms with Crippen LogP contribution in [-0.2, 0) is 14.8 Å². The van der Waals surface area contributed by atoms with Crippen LogP contribution in [-0.4, -0.2) is 27.4 Å². The van der Waals surface area contributed by atoms with E-state index in [1.165, 1.54) is 19.3 Å². The molecule has 1 aliphatic rings. The van der Waals surface area contributed by atoms with Gasteiger partial charge in [-0.3, -0.25) is 4.79 Å². The normalized spacial score (nSPS) is 16.2. The summed E-state index contributed by atoms with van der Waals surface area (Å²) >= 11 is 0. The average Bonchev–Trinajstić information content (AvgIpc) is 2.53. The van der Waals surface area contributed by atoms with Gasteiger partial charge in [0, 0.05) is 19.5 Å². The van der Waals surface area contributed by atoms with Gasteiger partial charge in [-0.2, -0.15) is 0 Å². The molecule has 0 aliphatic heterocycles. The Bertz CT molecular complexity index is 605. The van der Waals surface area contributed by atoms with Crippen LogP contribution in [0.15, 0.2) is 29.2 Å². The molecule has 1 amide bonds. The maximum absolute atomic E-state index is 12.1. The number of carbonyl (C=O) groups is 1. The molecular formula is C17H26N2O3S. The summed E-state index contributed by atoms with van der Waals surface area (Å²) in [6.07, 6.45) is 6.53. The molecule has 1 saturated carbocycles. The summed E-state index contributed by atoms with van der Waals surface area (Å²) in [6.45, 7) is 2.43. The average molecular weight is 338 g/mol. The Balaban J connectivity index is 1.69. The van der Waals surface area contributed by atoms with Crippen LogP contribution in [0.5, 0.6) is 0 Å². The van der Waals surface area contributed by atoms with E-state index in [1.807, 2.05) is 6.92 Å². The number of benzene rings is 1. The third-order valence-electron chi connectivity index (χ3n) is 4.27. The lowest BCUT2D eigenvalue weighted by Crippen LogP contribution is -2.35. The first-order chi connectivity index (χ1) is 11.0. The fourth-order valence-electron chi connectivity index (χ4n) is 2.91. The summed E-state index contributed by atoms with van der Waals surface area (Å²) in [4.78, 5) is 12.1. The van der Waals surface area contributed by atoms with Crippen molar-refractivity contribution in [3.05, 3.63) is 29.8 Å². The second-order valence-electron chi connectivity index (χ2n) is 6.27. The Morgan fingerprint density at radius 1 is 1.09 bits per heavy atom. The molecule has 0 unspecified atom stereocenters. The first kappa shape index (κ1) is 17.9. The Hall–Kier alpha value is -1.40. The molecule has 0 radical (unpaired) electrons. The van der Waals surface area contributed by atoms with E-state index in [2.05, 4.69) is 10.0 Å². The van der Waals surface area contributed by atoms with Gasteiger partial charge in [0.05, 0.1) is 4.90 Å². The van der Waals surface area contributed by atoms with Gasteiger partial charge in [-0.15, -0.1) is 0 Å². The van der Waals surface area contributed by atoms with Crippen molar-refractivity contribution >= 4 is 15.9 Å². The van der Waals surface area contributed by atoms with E-state index in [9.17, 15) is 13.2 Å². The number of nitrogens with one attached hydrogen (secondary N) is 2. The Morgan fingerprint density at radius 2 is 1.74 bits per heavy atom. The van der Waals surface area contributed by atoms with Gasteiger partial charge >= 0.3 is 0 Å². The molecule has 23 heavy (non-hydrogen) atoms. The molecule has 1 fully saturated rings. The third kappa shape index (κ3) is 5.95. The predicted octanol–water partition coefficient (Wildman–Crippen LogP) is 2.36. The van der Waals surface area contributed by atoms with Gasteiger partial charge in [-0.05, 0) is 37.8 Å². The fraction of sp³-hybridized carbons (Fsp3) is 0.588. The summed E-state index contributed by atoms with van der Waals surface area (Å²) in [5, 5.41) is 2.80. The maximum Gasteiger partial charge on any atom is 0.240 e. The number of sulfonamides is 1. The smallest absolute Gasteiger partial charge is 0.240 e. The Kier molecular flexibility index (Phi) is 6.59. The Morgan fingerprint density at radius 3 is 2.39 bits per heavy atom. The summed E-state index contributed by atoms with van der Waals surface area (Å²) in [5.41, 5.74) is 1.01. The first-order valence-electron chi connectivity index (χ1n) is 8.30. The van der Waals surface area contributed by atoms with Gasteiger partial charge in [0.15, 0.2) is 0 Å². The lowest BCUT2D eigenvalue weighted by molar-refractivity contribution is -0.122. The van der Waals surface area contributed by atoms with Crippen LogP contribution in [0.2, 0.25) is 0 Å². The monoisotopic (exact) mass is 338 g/mol. The fourth-order valence-corrected chi connectivity index (χ4v) is 3.95. The first-order valence-corrected chi connectivity index (χ1v) is 9.79. The molecule has 1 aromatic rings. The molecule has 2 N–H and O–H groups in total. The number of aryl methyl sites for hydroxylation is 1. The molecule has 5 nitrogen and oxygen atoms in total. The lowest BCUT2D eigenvalue weighted by Gasteiger charge is -2.20. The molecule has 0 heterocycles. The van der Waals surface area contributed by atoms with E-state index in [-0.39, 0.29) is 17.3 Å². The summed E-state index contributed by atoms with van der Waals surface area (Å²) in [6, 6.07) is 6.69. The molecule has 0 bridgehead atoms. The zero-order chi connectivity index (χ0) is 16.7. The van der Waals surface area contributed by atoms with Crippen molar-refractivity contribution < 1.29 is 13.2 Å². The van der Waals surface area contributed by atoms with Crippen LogP contribution < -0.4 is 10.0 Å². The highest BCUT2D eigenvalue weighted by atomic mass is 32.2. The lowest BCUT2D eigenvalue weighted by atomic mass is 9.87. The van der Waals surface area contributed by atoms with Crippen LogP contribution in [0.4, 0.5) is 0 Å². The SMILES string of the molecule is Cc1ccc(S(=O)(=O)NCCNC(=O)CC2CCCCC2)cc1. The van der Waals surface area contributed by atoms with E-state index >= 15 is 0 Å². The maximum atomic E-state index is 12.1. The highest BCUT2D eigenvalue weighted by Crippen LogP contribution is 2.25. The summed E-state index contributed by atoms with van der Waals surface area (Å²) < 4.78 is 26.7. The molecule has 2 rings (SSSR count). The minimum absolute atomic E-state index is 0.0198. The molecule has 0 atom stereocenters. The highest BCUT2D eigenvalue weighted by Gasteiger charge is 2.17. The third-order valence-corrected chi connectivity index (χ3v) is 5.75. The van der Waals surface area contributed by atoms with Gasteiger partial charge in [0.25, 0.3) is 0 Å². The molecule has 128 valence electrons. The number of carbonyl (C=O) groups excluding carboxylic acids is 1. The van der Waals surface area contributed by atoms with Crippen molar-refractivity contribution in [3.63, 3.8) is 0 Å². The van der Waals surface area contributed by atoms with Crippen molar-refractivity contribution in [3.8, 4) is 0 Å². The van der Waals surface area contributed by atoms with Crippen LogP contribution in [0.3, 0.4) is 0 Å². The van der Waals surface area contributed by atoms with Crippen molar-refractivity contribution in [2.24, 2.45) is 5.92 Å². The molecule has 6 heteroatoms. The number of amides is 1. The van der Waals surface area contributed by atoms with Crippen molar-refractivity contribution in [1.82, 2.24) is 10.0 Å². The van der Waals surface area contributed by atoms with Gasteiger partial charge in [0.2, 0.25) is 15.9 Å². The van der Waals surface area contributed by atoms with Crippen molar-refractivity contribution in [2.75, 3.05) is 13.1 Å². The van der Waals surface area contributed by atoms with Crippen molar-refractivity contribution in [1.29, 1.82) is 0 Å². The molecular weight excluding hydrogens is 312 g/mol. The highest BCUT2D eigenvalue weighted by molar-refractivity contribution is 7.89. The standard InChI is InChI=1S/C17H26N2O3S/c1-14-7-9-16(10-8-14)23(21,22)19-12-11-18-17(20)13-15-5-3-2-4-6-15/h7-10,15,19H,2-6,11-13H2,1H3,(H,18,20). The second-order valence-corrected chi connectivity index (χ2v) is 8.04. The van der Waals surface area contributed by atoms with Crippen LogP contribution in [0, 0.1) is 12.8 Å². The second kappa shape index (κ2) is 8.45. The molecule has 1 aliphatic carbocycles. The van der Waals surface area contributed by atoms with E-state index in [4.69, 9.17) is 0 Å². The van der Waals surface area contributed by atoms with E-state index in [0.717, 1.165) is 18.4 Å². The Labute approximate surface area is 138 Å². The summed E-state index contributed by atoms with van der Waals surface area (Å²) in [5.74, 6) is 0.513. The topological polar surface area (TPSA) is 75.3 Å². The zero-order valence-electron chi connectivity index (χ0n) is 13.7. The molecule has 0 aromatic heterocycles. The van der Waals surface area contributed by atoms with E-state index in [1.54, 1.807) is 24.3 Å². The van der Waals surface area contributed by atoms with Crippen LogP contribution in [0.1, 0.15) is 44.1 Å². The zero-order valence-corrected chi connectivity index (χ0v) is 14.5. The van der Waals surface area contributed by atoms with Gasteiger partial charge < -0.3 is 5.32 Å². The van der Waals surface area contributed by atoms with E-state index in [0.29, 0.717) is 18.9 Å². The van der Waals surface area contributed by atoms with E-state index < -0.39 is 10.0 Å².